The van der Waals surface area contributed by atoms with Gasteiger partial charge in [-0.1, -0.05) is 6.08 Å². The number of nitrogens with zero attached hydrogens (tertiary/aromatic N) is 2. The van der Waals surface area contributed by atoms with Crippen LogP contribution in [-0.2, 0) is 15.9 Å². The molecular weight excluding hydrogens is 400 g/mol. The number of hydrogen-bond donors (Lipinski definition) is 1. The predicted molar refractivity (Wildman–Crippen MR) is 118 cm³/mol. The molecule has 2 aromatic rings. The van der Waals surface area contributed by atoms with Crippen molar-refractivity contribution in [2.24, 2.45) is 0 Å². The molecule has 0 bridgehead atoms. The molecule has 8 nitrogen and oxygen atoms in total. The summed E-state index contributed by atoms with van der Waals surface area (Å²) in [6.45, 7) is 8.26. The Balaban J connectivity index is 1.57. The van der Waals surface area contributed by atoms with E-state index in [1.165, 1.54) is 0 Å². The minimum Gasteiger partial charge on any atom is -0.492 e. The number of rotatable bonds is 9. The van der Waals surface area contributed by atoms with Crippen LogP contribution in [0.25, 0.3) is 11.0 Å². The lowest BCUT2D eigenvalue weighted by molar-refractivity contribution is -0.104. The largest absolute Gasteiger partial charge is 0.492 e. The summed E-state index contributed by atoms with van der Waals surface area (Å²) in [5, 5.41) is 9.59. The number of allylic oxidation sites excluding steroid dienone is 1. The first kappa shape index (κ1) is 21.8. The molecule has 1 aromatic carbocycles. The first-order chi connectivity index (χ1) is 15.2. The highest BCUT2D eigenvalue weighted by Gasteiger charge is 2.25. The fourth-order valence-corrected chi connectivity index (χ4v) is 4.26. The van der Waals surface area contributed by atoms with Gasteiger partial charge in [-0.05, 0) is 31.4 Å². The van der Waals surface area contributed by atoms with E-state index < -0.39 is 0 Å². The number of likely N-dealkylation sites (tertiary alicyclic amines) is 1. The van der Waals surface area contributed by atoms with Crippen molar-refractivity contribution in [3.05, 3.63) is 46.6 Å². The number of benzene rings is 1. The van der Waals surface area contributed by atoms with Gasteiger partial charge in [-0.25, -0.2) is 0 Å². The summed E-state index contributed by atoms with van der Waals surface area (Å²) in [5.74, 6) is 1.25. The Hall–Kier alpha value is -2.39. The predicted octanol–water partition coefficient (Wildman–Crippen LogP) is 2.13. The van der Waals surface area contributed by atoms with Crippen molar-refractivity contribution in [1.82, 2.24) is 4.90 Å². The Kier molecular flexibility index (Phi) is 7.24. The van der Waals surface area contributed by atoms with E-state index in [0.717, 1.165) is 24.9 Å². The summed E-state index contributed by atoms with van der Waals surface area (Å²) >= 11 is 0. The van der Waals surface area contributed by atoms with Crippen molar-refractivity contribution in [2.45, 2.75) is 25.5 Å². The highest BCUT2D eigenvalue weighted by molar-refractivity contribution is 5.83. The molecule has 2 aliphatic rings. The Morgan fingerprint density at radius 2 is 2.10 bits per heavy atom. The normalized spacial score (nSPS) is 19.8. The van der Waals surface area contributed by atoms with Gasteiger partial charge in [-0.3, -0.25) is 9.69 Å². The maximum Gasteiger partial charge on any atom is 0.200 e. The van der Waals surface area contributed by atoms with E-state index >= 15 is 0 Å². The molecular formula is C23H30N2O6. The summed E-state index contributed by atoms with van der Waals surface area (Å²) in [6.07, 6.45) is 4.20. The van der Waals surface area contributed by atoms with Crippen LogP contribution in [0.2, 0.25) is 0 Å². The van der Waals surface area contributed by atoms with Crippen LogP contribution in [0.15, 0.2) is 40.1 Å². The number of anilines is 1. The monoisotopic (exact) mass is 430 g/mol. The first-order valence-electron chi connectivity index (χ1n) is 10.8. The van der Waals surface area contributed by atoms with Gasteiger partial charge in [0.2, 0.25) is 0 Å². The molecule has 2 fully saturated rings. The van der Waals surface area contributed by atoms with Crippen LogP contribution in [0, 0.1) is 0 Å². The molecule has 0 spiro atoms. The zero-order valence-corrected chi connectivity index (χ0v) is 17.8. The average molecular weight is 431 g/mol. The molecule has 1 atom stereocenters. The van der Waals surface area contributed by atoms with Gasteiger partial charge in [0.15, 0.2) is 11.3 Å². The summed E-state index contributed by atoms with van der Waals surface area (Å²) in [4.78, 5) is 17.0. The molecule has 2 saturated heterocycles. The smallest absolute Gasteiger partial charge is 0.200 e. The Morgan fingerprint density at radius 3 is 2.87 bits per heavy atom. The molecule has 1 aromatic heterocycles. The number of hydrogen-bond acceptors (Lipinski definition) is 8. The zero-order chi connectivity index (χ0) is 21.6. The fourth-order valence-electron chi connectivity index (χ4n) is 4.26. The van der Waals surface area contributed by atoms with E-state index in [0.29, 0.717) is 68.5 Å². The molecule has 0 radical (unpaired) electrons. The number of aliphatic hydroxyl groups excluding tert-OH is 1. The summed E-state index contributed by atoms with van der Waals surface area (Å²) in [5.41, 5.74) is 1.30. The Morgan fingerprint density at radius 1 is 1.26 bits per heavy atom. The molecule has 0 aliphatic carbocycles. The van der Waals surface area contributed by atoms with Crippen LogP contribution in [0.1, 0.15) is 18.4 Å². The number of morpholine rings is 1. The van der Waals surface area contributed by atoms with Crippen LogP contribution in [0.5, 0.6) is 5.75 Å². The van der Waals surface area contributed by atoms with Gasteiger partial charge >= 0.3 is 0 Å². The third-order valence-electron chi connectivity index (χ3n) is 5.82. The van der Waals surface area contributed by atoms with Crippen molar-refractivity contribution >= 4 is 16.9 Å². The lowest BCUT2D eigenvalue weighted by Gasteiger charge is -2.27. The molecule has 8 heteroatoms. The minimum atomic E-state index is -0.277. The second-order valence-corrected chi connectivity index (χ2v) is 7.74. The SMILES string of the molecule is C=CCc1c(OCCN2CCC[C@H]2OCO)ccc2c(=O)cc(N3CCOCC3)oc12. The van der Waals surface area contributed by atoms with Gasteiger partial charge in [0.1, 0.15) is 31.0 Å². The van der Waals surface area contributed by atoms with Gasteiger partial charge < -0.3 is 28.6 Å². The van der Waals surface area contributed by atoms with E-state index in [1.54, 1.807) is 18.2 Å². The summed E-state index contributed by atoms with van der Waals surface area (Å²) < 4.78 is 23.1. The molecule has 0 amide bonds. The van der Waals surface area contributed by atoms with Gasteiger partial charge in [-0.15, -0.1) is 6.58 Å². The third-order valence-corrected chi connectivity index (χ3v) is 5.82. The maximum absolute atomic E-state index is 12.8. The lowest BCUT2D eigenvalue weighted by Crippen LogP contribution is -2.36. The third kappa shape index (κ3) is 4.93. The molecule has 168 valence electrons. The quantitative estimate of drug-likeness (QED) is 0.478. The number of ether oxygens (including phenoxy) is 3. The van der Waals surface area contributed by atoms with Crippen LogP contribution in [0.3, 0.4) is 0 Å². The minimum absolute atomic E-state index is 0.0630. The lowest BCUT2D eigenvalue weighted by atomic mass is 10.1. The molecule has 3 heterocycles. The van der Waals surface area contributed by atoms with Gasteiger partial charge in [0, 0.05) is 37.8 Å². The molecule has 0 unspecified atom stereocenters. The Bertz CT molecular complexity index is 953. The van der Waals surface area contributed by atoms with Crippen molar-refractivity contribution in [2.75, 3.05) is 57.7 Å². The van der Waals surface area contributed by atoms with E-state index in [-0.39, 0.29) is 18.4 Å². The van der Waals surface area contributed by atoms with E-state index in [4.69, 9.17) is 23.7 Å². The van der Waals surface area contributed by atoms with Crippen molar-refractivity contribution in [3.8, 4) is 5.75 Å². The van der Waals surface area contributed by atoms with Gasteiger partial charge in [-0.2, -0.15) is 0 Å². The first-order valence-corrected chi connectivity index (χ1v) is 10.8. The molecule has 4 rings (SSSR count). The highest BCUT2D eigenvalue weighted by Crippen LogP contribution is 2.30. The highest BCUT2D eigenvalue weighted by atomic mass is 16.6. The number of aliphatic hydroxyl groups is 1. The van der Waals surface area contributed by atoms with Crippen molar-refractivity contribution in [3.63, 3.8) is 0 Å². The van der Waals surface area contributed by atoms with Crippen LogP contribution in [0.4, 0.5) is 5.88 Å². The van der Waals surface area contributed by atoms with Crippen LogP contribution < -0.4 is 15.1 Å². The van der Waals surface area contributed by atoms with E-state index in [1.807, 2.05) is 11.0 Å². The second kappa shape index (κ2) is 10.3. The van der Waals surface area contributed by atoms with E-state index in [2.05, 4.69) is 11.5 Å². The topological polar surface area (TPSA) is 84.6 Å². The van der Waals surface area contributed by atoms with Gasteiger partial charge in [0.05, 0.1) is 18.6 Å². The van der Waals surface area contributed by atoms with E-state index in [9.17, 15) is 4.79 Å². The summed E-state index contributed by atoms with van der Waals surface area (Å²) in [7, 11) is 0. The number of fused-ring (bicyclic) bond motifs is 1. The van der Waals surface area contributed by atoms with Crippen molar-refractivity contribution in [1.29, 1.82) is 0 Å². The van der Waals surface area contributed by atoms with Crippen molar-refractivity contribution < 1.29 is 23.7 Å². The molecule has 0 saturated carbocycles. The molecule has 31 heavy (non-hydrogen) atoms. The molecule has 1 N–H and O–H groups in total. The fraction of sp³-hybridized carbons (Fsp3) is 0.522. The van der Waals surface area contributed by atoms with Crippen LogP contribution >= 0.6 is 0 Å². The molecule has 2 aliphatic heterocycles. The van der Waals surface area contributed by atoms with Gasteiger partial charge in [0.25, 0.3) is 0 Å². The standard InChI is InChI=1S/C23H30N2O6/c1-2-4-18-20(29-14-11-24-8-3-5-21(24)30-16-26)7-6-17-19(27)15-22(31-23(17)18)25-9-12-28-13-10-25/h2,6-7,15,21,26H,1,3-5,8-14,16H2/t21-/m1/s1. The summed E-state index contributed by atoms with van der Waals surface area (Å²) in [6, 6.07) is 5.15. The zero-order valence-electron chi connectivity index (χ0n) is 17.8. The second-order valence-electron chi connectivity index (χ2n) is 7.74. The average Bonchev–Trinajstić information content (AvgIpc) is 3.23. The van der Waals surface area contributed by atoms with Crippen LogP contribution in [-0.4, -0.2) is 69.0 Å². The Labute approximate surface area is 181 Å². The maximum atomic E-state index is 12.8.